The van der Waals surface area contributed by atoms with Crippen molar-refractivity contribution in [3.63, 3.8) is 0 Å². The van der Waals surface area contributed by atoms with Crippen molar-refractivity contribution in [2.24, 2.45) is 11.8 Å². The minimum absolute atomic E-state index is 0.0723. The standard InChI is InChI=1S/C15H26N2O4/c1-11-3-2-4-12(9-11)5-6-16-15(20)17-7-8-21-10-13(17)14(18)19/h11-13H,2-10H2,1H3,(H,16,20)(H,18,19). The fourth-order valence-electron chi connectivity index (χ4n) is 3.36. The smallest absolute Gasteiger partial charge is 0.328 e. The van der Waals surface area contributed by atoms with E-state index in [-0.39, 0.29) is 12.6 Å². The summed E-state index contributed by atoms with van der Waals surface area (Å²) in [6.45, 7) is 3.72. The van der Waals surface area contributed by atoms with Crippen LogP contribution in [-0.4, -0.2) is 54.4 Å². The zero-order chi connectivity index (χ0) is 15.2. The Labute approximate surface area is 125 Å². The number of amides is 2. The molecule has 1 saturated heterocycles. The number of aliphatic carboxylic acids is 1. The van der Waals surface area contributed by atoms with Gasteiger partial charge in [-0.05, 0) is 24.7 Å². The van der Waals surface area contributed by atoms with Crippen molar-refractivity contribution in [2.75, 3.05) is 26.3 Å². The van der Waals surface area contributed by atoms with Crippen LogP contribution in [0.25, 0.3) is 0 Å². The third-order valence-corrected chi connectivity index (χ3v) is 4.55. The SMILES string of the molecule is CC1CCCC(CCNC(=O)N2CCOCC2C(=O)O)C1. The summed E-state index contributed by atoms with van der Waals surface area (Å²) in [4.78, 5) is 24.6. The molecule has 6 heteroatoms. The fourth-order valence-corrected chi connectivity index (χ4v) is 3.36. The van der Waals surface area contributed by atoms with Gasteiger partial charge in [-0.25, -0.2) is 9.59 Å². The number of hydrogen-bond donors (Lipinski definition) is 2. The molecule has 1 aliphatic heterocycles. The monoisotopic (exact) mass is 298 g/mol. The van der Waals surface area contributed by atoms with E-state index in [2.05, 4.69) is 12.2 Å². The molecular weight excluding hydrogens is 272 g/mol. The van der Waals surface area contributed by atoms with E-state index in [4.69, 9.17) is 9.84 Å². The lowest BCUT2D eigenvalue weighted by Crippen LogP contribution is -2.55. The predicted molar refractivity (Wildman–Crippen MR) is 78.1 cm³/mol. The largest absolute Gasteiger partial charge is 0.480 e. The van der Waals surface area contributed by atoms with E-state index in [0.29, 0.717) is 25.6 Å². The number of hydrogen-bond acceptors (Lipinski definition) is 3. The molecule has 3 unspecified atom stereocenters. The van der Waals surface area contributed by atoms with Crippen LogP contribution < -0.4 is 5.32 Å². The maximum atomic E-state index is 12.1. The third kappa shape index (κ3) is 4.59. The Hall–Kier alpha value is -1.30. The number of rotatable bonds is 4. The number of carbonyl (C=O) groups excluding carboxylic acids is 1. The average molecular weight is 298 g/mol. The van der Waals surface area contributed by atoms with Gasteiger partial charge in [0.25, 0.3) is 0 Å². The van der Waals surface area contributed by atoms with Gasteiger partial charge in [-0.2, -0.15) is 0 Å². The molecule has 0 radical (unpaired) electrons. The molecule has 0 aromatic carbocycles. The maximum absolute atomic E-state index is 12.1. The van der Waals surface area contributed by atoms with Gasteiger partial charge in [0.05, 0.1) is 13.2 Å². The Morgan fingerprint density at radius 1 is 1.38 bits per heavy atom. The number of carboxylic acids is 1. The molecule has 120 valence electrons. The fraction of sp³-hybridized carbons (Fsp3) is 0.867. The number of nitrogens with one attached hydrogen (secondary N) is 1. The summed E-state index contributed by atoms with van der Waals surface area (Å²) in [6, 6.07) is -1.15. The normalized spacial score (nSPS) is 30.0. The molecule has 0 aromatic rings. The van der Waals surface area contributed by atoms with Gasteiger partial charge in [-0.15, -0.1) is 0 Å². The molecule has 2 amide bonds. The molecule has 1 heterocycles. The van der Waals surface area contributed by atoms with Gasteiger partial charge in [0.15, 0.2) is 6.04 Å². The van der Waals surface area contributed by atoms with Gasteiger partial charge in [0.2, 0.25) is 0 Å². The van der Waals surface area contributed by atoms with Crippen LogP contribution in [0, 0.1) is 11.8 Å². The number of nitrogens with zero attached hydrogens (tertiary/aromatic N) is 1. The highest BCUT2D eigenvalue weighted by atomic mass is 16.5. The molecule has 0 bridgehead atoms. The second-order valence-corrected chi connectivity index (χ2v) is 6.28. The van der Waals surface area contributed by atoms with Crippen LogP contribution in [0.3, 0.4) is 0 Å². The van der Waals surface area contributed by atoms with Gasteiger partial charge < -0.3 is 20.1 Å². The summed E-state index contributed by atoms with van der Waals surface area (Å²) < 4.78 is 5.13. The van der Waals surface area contributed by atoms with E-state index in [1.807, 2.05) is 0 Å². The van der Waals surface area contributed by atoms with E-state index in [1.165, 1.54) is 30.6 Å². The summed E-state index contributed by atoms with van der Waals surface area (Å²) in [5.41, 5.74) is 0. The first-order chi connectivity index (χ1) is 10.1. The average Bonchev–Trinajstić information content (AvgIpc) is 2.47. The van der Waals surface area contributed by atoms with Gasteiger partial charge >= 0.3 is 12.0 Å². The molecule has 0 spiro atoms. The van der Waals surface area contributed by atoms with Crippen LogP contribution >= 0.6 is 0 Å². The maximum Gasteiger partial charge on any atom is 0.328 e. The number of ether oxygens (including phenoxy) is 1. The summed E-state index contributed by atoms with van der Waals surface area (Å²) >= 11 is 0. The zero-order valence-electron chi connectivity index (χ0n) is 12.7. The van der Waals surface area contributed by atoms with E-state index in [9.17, 15) is 9.59 Å². The first kappa shape index (κ1) is 16.1. The molecule has 1 aliphatic carbocycles. The van der Waals surface area contributed by atoms with E-state index in [0.717, 1.165) is 12.3 Å². The van der Waals surface area contributed by atoms with E-state index < -0.39 is 12.0 Å². The second kappa shape index (κ2) is 7.64. The Kier molecular flexibility index (Phi) is 5.85. The number of urea groups is 1. The molecule has 2 aliphatic rings. The molecule has 21 heavy (non-hydrogen) atoms. The van der Waals surface area contributed by atoms with Gasteiger partial charge in [0.1, 0.15) is 0 Å². The van der Waals surface area contributed by atoms with Crippen LogP contribution in [-0.2, 0) is 9.53 Å². The third-order valence-electron chi connectivity index (χ3n) is 4.55. The quantitative estimate of drug-likeness (QED) is 0.828. The minimum Gasteiger partial charge on any atom is -0.480 e. The first-order valence-corrected chi connectivity index (χ1v) is 7.93. The summed E-state index contributed by atoms with van der Waals surface area (Å²) in [5.74, 6) is 0.468. The second-order valence-electron chi connectivity index (χ2n) is 6.28. The van der Waals surface area contributed by atoms with Crippen molar-refractivity contribution in [1.29, 1.82) is 0 Å². The molecule has 0 aromatic heterocycles. The highest BCUT2D eigenvalue weighted by molar-refractivity contribution is 5.82. The van der Waals surface area contributed by atoms with Crippen molar-refractivity contribution in [1.82, 2.24) is 10.2 Å². The highest BCUT2D eigenvalue weighted by Gasteiger charge is 2.32. The van der Waals surface area contributed by atoms with Crippen LogP contribution in [0.5, 0.6) is 0 Å². The molecule has 2 rings (SSSR count). The van der Waals surface area contributed by atoms with Gasteiger partial charge in [0, 0.05) is 13.1 Å². The topological polar surface area (TPSA) is 78.9 Å². The van der Waals surface area contributed by atoms with Gasteiger partial charge in [-0.1, -0.05) is 26.2 Å². The molecule has 2 fully saturated rings. The molecule has 3 atom stereocenters. The first-order valence-electron chi connectivity index (χ1n) is 7.93. The molecular formula is C15H26N2O4. The van der Waals surface area contributed by atoms with Crippen molar-refractivity contribution in [2.45, 2.75) is 45.1 Å². The van der Waals surface area contributed by atoms with E-state index >= 15 is 0 Å². The van der Waals surface area contributed by atoms with Crippen LogP contribution in [0.15, 0.2) is 0 Å². The van der Waals surface area contributed by atoms with Crippen molar-refractivity contribution < 1.29 is 19.4 Å². The summed E-state index contributed by atoms with van der Waals surface area (Å²) in [7, 11) is 0. The summed E-state index contributed by atoms with van der Waals surface area (Å²) in [5, 5.41) is 12.0. The Morgan fingerprint density at radius 3 is 2.90 bits per heavy atom. The van der Waals surface area contributed by atoms with E-state index in [1.54, 1.807) is 0 Å². The van der Waals surface area contributed by atoms with Crippen LogP contribution in [0.4, 0.5) is 4.79 Å². The molecule has 1 saturated carbocycles. The number of carboxylic acid groups (broad SMARTS) is 1. The van der Waals surface area contributed by atoms with Crippen molar-refractivity contribution in [3.8, 4) is 0 Å². The highest BCUT2D eigenvalue weighted by Crippen LogP contribution is 2.30. The van der Waals surface area contributed by atoms with Crippen molar-refractivity contribution >= 4 is 12.0 Å². The number of morpholine rings is 1. The lowest BCUT2D eigenvalue weighted by Gasteiger charge is -2.33. The van der Waals surface area contributed by atoms with Crippen molar-refractivity contribution in [3.05, 3.63) is 0 Å². The number of carbonyl (C=O) groups is 2. The lowest BCUT2D eigenvalue weighted by molar-refractivity contribution is -0.147. The van der Waals surface area contributed by atoms with Crippen LogP contribution in [0.1, 0.15) is 39.0 Å². The summed E-state index contributed by atoms with van der Waals surface area (Å²) in [6.07, 6.45) is 6.07. The zero-order valence-corrected chi connectivity index (χ0v) is 12.7. The minimum atomic E-state index is -1.01. The lowest BCUT2D eigenvalue weighted by atomic mass is 9.81. The predicted octanol–water partition coefficient (Wildman–Crippen LogP) is 1.70. The van der Waals surface area contributed by atoms with Crippen LogP contribution in [0.2, 0.25) is 0 Å². The Balaban J connectivity index is 1.74. The Morgan fingerprint density at radius 2 is 2.19 bits per heavy atom. The molecule has 6 nitrogen and oxygen atoms in total. The Bertz CT molecular complexity index is 375. The molecule has 2 N–H and O–H groups in total. The van der Waals surface area contributed by atoms with Gasteiger partial charge in [-0.3, -0.25) is 0 Å².